The van der Waals surface area contributed by atoms with Crippen LogP contribution in [0.1, 0.15) is 26.3 Å². The lowest BCUT2D eigenvalue weighted by Crippen LogP contribution is -2.34. The molecule has 0 saturated heterocycles. The number of carbonyl (C=O) groups is 2. The second-order valence-electron chi connectivity index (χ2n) is 6.21. The van der Waals surface area contributed by atoms with Gasteiger partial charge in [-0.3, -0.25) is 14.6 Å². The van der Waals surface area contributed by atoms with E-state index in [1.165, 1.54) is 0 Å². The minimum atomic E-state index is -0.188. The minimum absolute atomic E-state index is 0.0275. The summed E-state index contributed by atoms with van der Waals surface area (Å²) in [7, 11) is 1.80. The van der Waals surface area contributed by atoms with Gasteiger partial charge < -0.3 is 10.2 Å². The Morgan fingerprint density at radius 2 is 2.04 bits per heavy atom. The Balaban J connectivity index is 1.59. The number of fused-ring (bicyclic) bond motifs is 2. The largest absolute Gasteiger partial charge is 0.341 e. The molecule has 5 nitrogen and oxygen atoms in total. The molecule has 3 aromatic rings. The summed E-state index contributed by atoms with van der Waals surface area (Å²) in [6.07, 6.45) is 2.50. The SMILES string of the molecule is CN1CCc2cc(NC(=O)c3ccc4cccnc4c3)ccc2C1=O. The highest BCUT2D eigenvalue weighted by molar-refractivity contribution is 6.06. The van der Waals surface area contributed by atoms with Crippen LogP contribution in [0.15, 0.2) is 54.7 Å². The van der Waals surface area contributed by atoms with Gasteiger partial charge in [0.2, 0.25) is 0 Å². The number of hydrogen-bond acceptors (Lipinski definition) is 3. The number of nitrogens with zero attached hydrogens (tertiary/aromatic N) is 2. The summed E-state index contributed by atoms with van der Waals surface area (Å²) in [5.74, 6) is -0.161. The number of benzene rings is 2. The van der Waals surface area contributed by atoms with E-state index in [4.69, 9.17) is 0 Å². The van der Waals surface area contributed by atoms with Crippen LogP contribution < -0.4 is 5.32 Å². The van der Waals surface area contributed by atoms with Crippen molar-refractivity contribution in [3.8, 4) is 0 Å². The molecule has 0 spiro atoms. The summed E-state index contributed by atoms with van der Waals surface area (Å²) in [6.45, 7) is 0.694. The van der Waals surface area contributed by atoms with Gasteiger partial charge in [-0.1, -0.05) is 12.1 Å². The van der Waals surface area contributed by atoms with Crippen molar-refractivity contribution in [1.29, 1.82) is 0 Å². The molecule has 0 atom stereocenters. The zero-order valence-corrected chi connectivity index (χ0v) is 13.8. The third-order valence-corrected chi connectivity index (χ3v) is 4.52. The van der Waals surface area contributed by atoms with Crippen molar-refractivity contribution in [2.24, 2.45) is 0 Å². The summed E-state index contributed by atoms with van der Waals surface area (Å²) < 4.78 is 0. The normalized spacial score (nSPS) is 13.6. The van der Waals surface area contributed by atoms with Crippen molar-refractivity contribution in [1.82, 2.24) is 9.88 Å². The molecule has 1 aliphatic rings. The number of hydrogen-bond donors (Lipinski definition) is 1. The van der Waals surface area contributed by atoms with E-state index in [1.54, 1.807) is 42.4 Å². The minimum Gasteiger partial charge on any atom is -0.341 e. The predicted octanol–water partition coefficient (Wildman–Crippen LogP) is 3.12. The first-order chi connectivity index (χ1) is 12.1. The summed E-state index contributed by atoms with van der Waals surface area (Å²) >= 11 is 0. The molecule has 0 saturated carbocycles. The van der Waals surface area contributed by atoms with Crippen LogP contribution in [0.3, 0.4) is 0 Å². The van der Waals surface area contributed by atoms with Gasteiger partial charge in [0.1, 0.15) is 0 Å². The maximum absolute atomic E-state index is 12.5. The molecule has 2 amide bonds. The second kappa shape index (κ2) is 6.02. The second-order valence-corrected chi connectivity index (χ2v) is 6.21. The first-order valence-corrected chi connectivity index (χ1v) is 8.16. The highest BCUT2D eigenvalue weighted by Crippen LogP contribution is 2.22. The van der Waals surface area contributed by atoms with Crippen LogP contribution in [0.2, 0.25) is 0 Å². The van der Waals surface area contributed by atoms with Gasteiger partial charge in [-0.2, -0.15) is 0 Å². The molecule has 124 valence electrons. The third kappa shape index (κ3) is 2.85. The molecular weight excluding hydrogens is 314 g/mol. The standard InChI is InChI=1S/C20H17N3O2/c1-23-10-8-14-11-16(6-7-17(14)20(23)25)22-19(24)15-5-4-13-3-2-9-21-18(13)12-15/h2-7,9,11-12H,8,10H2,1H3,(H,22,24). The van der Waals surface area contributed by atoms with Crippen LogP contribution in [0.5, 0.6) is 0 Å². The van der Waals surface area contributed by atoms with Crippen molar-refractivity contribution < 1.29 is 9.59 Å². The fourth-order valence-corrected chi connectivity index (χ4v) is 3.09. The zero-order valence-electron chi connectivity index (χ0n) is 13.8. The fraction of sp³-hybridized carbons (Fsp3) is 0.150. The van der Waals surface area contributed by atoms with E-state index in [-0.39, 0.29) is 11.8 Å². The van der Waals surface area contributed by atoms with E-state index in [2.05, 4.69) is 10.3 Å². The van der Waals surface area contributed by atoms with Gasteiger partial charge >= 0.3 is 0 Å². The molecule has 2 aromatic carbocycles. The lowest BCUT2D eigenvalue weighted by atomic mass is 9.98. The van der Waals surface area contributed by atoms with Gasteiger partial charge in [0.05, 0.1) is 5.52 Å². The van der Waals surface area contributed by atoms with Crippen molar-refractivity contribution in [2.75, 3.05) is 18.9 Å². The smallest absolute Gasteiger partial charge is 0.255 e. The van der Waals surface area contributed by atoms with E-state index in [1.807, 2.05) is 24.3 Å². The first kappa shape index (κ1) is 15.3. The number of carbonyl (C=O) groups excluding carboxylic acids is 2. The van der Waals surface area contributed by atoms with Crippen LogP contribution in [0.4, 0.5) is 5.69 Å². The van der Waals surface area contributed by atoms with Crippen LogP contribution >= 0.6 is 0 Å². The molecular formula is C20H17N3O2. The third-order valence-electron chi connectivity index (χ3n) is 4.52. The predicted molar refractivity (Wildman–Crippen MR) is 96.8 cm³/mol. The van der Waals surface area contributed by atoms with Gasteiger partial charge in [0.25, 0.3) is 11.8 Å². The maximum Gasteiger partial charge on any atom is 0.255 e. The molecule has 1 aromatic heterocycles. The van der Waals surface area contributed by atoms with Crippen LogP contribution in [0.25, 0.3) is 10.9 Å². The molecule has 25 heavy (non-hydrogen) atoms. The summed E-state index contributed by atoms with van der Waals surface area (Å²) in [4.78, 5) is 30.6. The Morgan fingerprint density at radius 1 is 1.16 bits per heavy atom. The Labute approximate surface area is 145 Å². The maximum atomic E-state index is 12.5. The lowest BCUT2D eigenvalue weighted by Gasteiger charge is -2.25. The Kier molecular flexibility index (Phi) is 3.69. The van der Waals surface area contributed by atoms with Crippen molar-refractivity contribution >= 4 is 28.4 Å². The average Bonchev–Trinajstić information content (AvgIpc) is 2.64. The van der Waals surface area contributed by atoms with E-state index in [0.29, 0.717) is 23.4 Å². The number of rotatable bonds is 2. The number of likely N-dealkylation sites (N-methyl/N-ethyl adjacent to an activating group) is 1. The number of amides is 2. The molecule has 0 radical (unpaired) electrons. The number of aromatic nitrogens is 1. The molecule has 0 fully saturated rings. The van der Waals surface area contributed by atoms with Crippen molar-refractivity contribution in [3.05, 3.63) is 71.4 Å². The monoisotopic (exact) mass is 331 g/mol. The van der Waals surface area contributed by atoms with Crippen molar-refractivity contribution in [3.63, 3.8) is 0 Å². The Hall–Kier alpha value is -3.21. The van der Waals surface area contributed by atoms with Crippen molar-refractivity contribution in [2.45, 2.75) is 6.42 Å². The molecule has 1 N–H and O–H groups in total. The topological polar surface area (TPSA) is 62.3 Å². The van der Waals surface area contributed by atoms with E-state index < -0.39 is 0 Å². The quantitative estimate of drug-likeness (QED) is 0.785. The first-order valence-electron chi connectivity index (χ1n) is 8.16. The summed E-state index contributed by atoms with van der Waals surface area (Å²) in [6, 6.07) is 14.7. The van der Waals surface area contributed by atoms with Crippen LogP contribution in [-0.2, 0) is 6.42 Å². The highest BCUT2D eigenvalue weighted by Gasteiger charge is 2.21. The highest BCUT2D eigenvalue weighted by atomic mass is 16.2. The molecule has 1 aliphatic heterocycles. The summed E-state index contributed by atoms with van der Waals surface area (Å²) in [5, 5.41) is 3.90. The molecule has 2 heterocycles. The Bertz CT molecular complexity index is 997. The van der Waals surface area contributed by atoms with Crippen LogP contribution in [-0.4, -0.2) is 35.3 Å². The van der Waals surface area contributed by atoms with Gasteiger partial charge in [0.15, 0.2) is 0 Å². The lowest BCUT2D eigenvalue weighted by molar-refractivity contribution is 0.0781. The van der Waals surface area contributed by atoms with Gasteiger partial charge in [0, 0.05) is 42.0 Å². The molecule has 0 unspecified atom stereocenters. The average molecular weight is 331 g/mol. The van der Waals surface area contributed by atoms with Gasteiger partial charge in [-0.25, -0.2) is 0 Å². The Morgan fingerprint density at radius 3 is 2.92 bits per heavy atom. The molecule has 4 rings (SSSR count). The molecule has 0 aliphatic carbocycles. The number of pyridine rings is 1. The van der Waals surface area contributed by atoms with Gasteiger partial charge in [-0.05, 0) is 48.4 Å². The van der Waals surface area contributed by atoms with Crippen LogP contribution in [0, 0.1) is 0 Å². The number of anilines is 1. The van der Waals surface area contributed by atoms with Gasteiger partial charge in [-0.15, -0.1) is 0 Å². The number of nitrogens with one attached hydrogen (secondary N) is 1. The molecule has 5 heteroatoms. The fourth-order valence-electron chi connectivity index (χ4n) is 3.09. The zero-order chi connectivity index (χ0) is 17.4. The summed E-state index contributed by atoms with van der Waals surface area (Å²) in [5.41, 5.74) is 3.72. The van der Waals surface area contributed by atoms with E-state index in [0.717, 1.165) is 22.9 Å². The van der Waals surface area contributed by atoms with E-state index in [9.17, 15) is 9.59 Å². The van der Waals surface area contributed by atoms with E-state index >= 15 is 0 Å². The molecule has 0 bridgehead atoms.